The minimum absolute atomic E-state index is 0.264. The van der Waals surface area contributed by atoms with E-state index in [2.05, 4.69) is 15.3 Å². The third kappa shape index (κ3) is 4.18. The molecule has 1 saturated heterocycles. The van der Waals surface area contributed by atoms with Crippen molar-refractivity contribution in [2.75, 3.05) is 25.1 Å². The smallest absolute Gasteiger partial charge is 0.274 e. The van der Waals surface area contributed by atoms with Gasteiger partial charge in [0.15, 0.2) is 0 Å². The van der Waals surface area contributed by atoms with E-state index in [0.29, 0.717) is 24.1 Å². The van der Waals surface area contributed by atoms with Crippen molar-refractivity contribution in [2.24, 2.45) is 5.92 Å². The lowest BCUT2D eigenvalue weighted by atomic mass is 10.1. The van der Waals surface area contributed by atoms with Gasteiger partial charge in [0.05, 0.1) is 13.2 Å². The fourth-order valence-electron chi connectivity index (χ4n) is 2.98. The molecule has 6 nitrogen and oxygen atoms in total. The van der Waals surface area contributed by atoms with E-state index in [0.717, 1.165) is 30.4 Å². The Morgan fingerprint density at radius 3 is 3.04 bits per heavy atom. The number of ether oxygens (including phenoxy) is 2. The van der Waals surface area contributed by atoms with Crippen molar-refractivity contribution in [1.29, 1.82) is 0 Å². The molecule has 1 unspecified atom stereocenters. The number of carbonyl (C=O) groups excluding carboxylic acids is 1. The van der Waals surface area contributed by atoms with Crippen LogP contribution < -0.4 is 10.1 Å². The molecular weight excluding hydrogens is 366 g/mol. The monoisotopic (exact) mass is 383 g/mol. The van der Waals surface area contributed by atoms with Gasteiger partial charge in [-0.2, -0.15) is 0 Å². The maximum absolute atomic E-state index is 12.3. The summed E-state index contributed by atoms with van der Waals surface area (Å²) in [5.74, 6) is 0.684. The highest BCUT2D eigenvalue weighted by molar-refractivity contribution is 6.29. The van der Waals surface area contributed by atoms with Gasteiger partial charge in [-0.1, -0.05) is 17.7 Å². The number of hydrogen-bond acceptors (Lipinski definition) is 5. The molecule has 1 aromatic carbocycles. The Morgan fingerprint density at radius 1 is 1.30 bits per heavy atom. The number of halogens is 1. The van der Waals surface area contributed by atoms with Crippen molar-refractivity contribution in [2.45, 2.75) is 6.42 Å². The van der Waals surface area contributed by atoms with Gasteiger partial charge in [0.1, 0.15) is 10.8 Å². The summed E-state index contributed by atoms with van der Waals surface area (Å²) >= 11 is 5.84. The van der Waals surface area contributed by atoms with E-state index in [4.69, 9.17) is 21.1 Å². The van der Waals surface area contributed by atoms with Gasteiger partial charge < -0.3 is 14.8 Å². The third-order valence-corrected chi connectivity index (χ3v) is 4.62. The molecule has 7 heteroatoms. The Kier molecular flexibility index (Phi) is 5.18. The topological polar surface area (TPSA) is 73.3 Å². The average Bonchev–Trinajstić information content (AvgIpc) is 3.19. The van der Waals surface area contributed by atoms with E-state index in [9.17, 15) is 4.79 Å². The molecule has 0 saturated carbocycles. The summed E-state index contributed by atoms with van der Waals surface area (Å²) < 4.78 is 11.3. The number of rotatable bonds is 5. The molecule has 0 spiro atoms. The minimum atomic E-state index is -0.316. The summed E-state index contributed by atoms with van der Waals surface area (Å²) in [6.07, 6.45) is 2.71. The molecule has 1 N–H and O–H groups in total. The van der Waals surface area contributed by atoms with Crippen molar-refractivity contribution in [1.82, 2.24) is 9.97 Å². The molecule has 0 aliphatic carbocycles. The Bertz CT molecular complexity index is 974. The summed E-state index contributed by atoms with van der Waals surface area (Å²) in [5.41, 5.74) is 0.927. The van der Waals surface area contributed by atoms with Crippen LogP contribution in [-0.2, 0) is 4.74 Å². The summed E-state index contributed by atoms with van der Waals surface area (Å²) in [6, 6.07) is 12.4. The van der Waals surface area contributed by atoms with Gasteiger partial charge in [0.2, 0.25) is 5.88 Å². The number of fused-ring (bicyclic) bond motifs is 1. The highest BCUT2D eigenvalue weighted by atomic mass is 35.5. The summed E-state index contributed by atoms with van der Waals surface area (Å²) in [6.45, 7) is 2.12. The zero-order chi connectivity index (χ0) is 18.6. The largest absolute Gasteiger partial charge is 0.477 e. The second kappa shape index (κ2) is 7.90. The van der Waals surface area contributed by atoms with Crippen LogP contribution in [0.3, 0.4) is 0 Å². The van der Waals surface area contributed by atoms with Gasteiger partial charge in [-0.3, -0.25) is 4.79 Å². The average molecular weight is 384 g/mol. The fraction of sp³-hybridized carbons (Fsp3) is 0.250. The zero-order valence-electron chi connectivity index (χ0n) is 14.5. The molecule has 1 aliphatic rings. The third-order valence-electron chi connectivity index (χ3n) is 4.41. The number of hydrogen-bond donors (Lipinski definition) is 1. The molecule has 4 rings (SSSR count). The van der Waals surface area contributed by atoms with E-state index in [1.165, 1.54) is 0 Å². The molecule has 138 valence electrons. The van der Waals surface area contributed by atoms with Gasteiger partial charge in [0, 0.05) is 29.8 Å². The highest BCUT2D eigenvalue weighted by Gasteiger charge is 2.17. The first-order valence-corrected chi connectivity index (χ1v) is 9.10. The van der Waals surface area contributed by atoms with E-state index in [1.807, 2.05) is 24.3 Å². The molecule has 1 aliphatic heterocycles. The lowest BCUT2D eigenvalue weighted by molar-refractivity contribution is 0.102. The van der Waals surface area contributed by atoms with Crippen LogP contribution in [0.5, 0.6) is 5.88 Å². The zero-order valence-corrected chi connectivity index (χ0v) is 15.3. The Morgan fingerprint density at radius 2 is 2.22 bits per heavy atom. The number of nitrogens with zero attached hydrogens (tertiary/aromatic N) is 2. The predicted molar refractivity (Wildman–Crippen MR) is 103 cm³/mol. The second-order valence-corrected chi connectivity index (χ2v) is 6.78. The van der Waals surface area contributed by atoms with Gasteiger partial charge in [-0.05, 0) is 48.2 Å². The van der Waals surface area contributed by atoms with Crippen LogP contribution in [0.1, 0.15) is 16.9 Å². The first-order chi connectivity index (χ1) is 13.2. The normalized spacial score (nSPS) is 16.4. The van der Waals surface area contributed by atoms with Crippen LogP contribution in [0.2, 0.25) is 5.15 Å². The molecule has 1 fully saturated rings. The Balaban J connectivity index is 1.51. The molecule has 0 bridgehead atoms. The number of aromatic nitrogens is 2. The summed E-state index contributed by atoms with van der Waals surface area (Å²) in [5, 5.41) is 4.94. The maximum Gasteiger partial charge on any atom is 0.274 e. The van der Waals surface area contributed by atoms with E-state index >= 15 is 0 Å². The standard InChI is InChI=1S/C20H18ClN3O3/c21-18-3-1-2-17(24-18)19(25)23-15-4-5-16-14(10-15)6-8-22-20(16)27-12-13-7-9-26-11-13/h1-6,8,10,13H,7,9,11-12H2,(H,23,25). The van der Waals surface area contributed by atoms with Gasteiger partial charge >= 0.3 is 0 Å². The Labute approximate surface area is 161 Å². The number of carbonyl (C=O) groups is 1. The molecule has 1 atom stereocenters. The van der Waals surface area contributed by atoms with Crippen LogP contribution in [0.15, 0.2) is 48.7 Å². The maximum atomic E-state index is 12.3. The number of benzene rings is 1. The van der Waals surface area contributed by atoms with E-state index < -0.39 is 0 Å². The Hall–Kier alpha value is -2.70. The van der Waals surface area contributed by atoms with Crippen molar-refractivity contribution in [3.8, 4) is 5.88 Å². The number of nitrogens with one attached hydrogen (secondary N) is 1. The van der Waals surface area contributed by atoms with Crippen molar-refractivity contribution in [3.05, 3.63) is 59.5 Å². The molecular formula is C20H18ClN3O3. The van der Waals surface area contributed by atoms with Crippen LogP contribution in [0.4, 0.5) is 5.69 Å². The number of pyridine rings is 2. The SMILES string of the molecule is O=C(Nc1ccc2c(OCC3CCOC3)nccc2c1)c1cccc(Cl)n1. The van der Waals surface area contributed by atoms with Gasteiger partial charge in [-0.25, -0.2) is 9.97 Å². The van der Waals surface area contributed by atoms with E-state index in [1.54, 1.807) is 24.4 Å². The summed E-state index contributed by atoms with van der Waals surface area (Å²) in [7, 11) is 0. The number of anilines is 1. The highest BCUT2D eigenvalue weighted by Crippen LogP contribution is 2.27. The van der Waals surface area contributed by atoms with Crippen molar-refractivity contribution >= 4 is 34.0 Å². The van der Waals surface area contributed by atoms with Gasteiger partial charge in [-0.15, -0.1) is 0 Å². The van der Waals surface area contributed by atoms with Gasteiger partial charge in [0.25, 0.3) is 5.91 Å². The van der Waals surface area contributed by atoms with E-state index in [-0.39, 0.29) is 16.8 Å². The van der Waals surface area contributed by atoms with Crippen LogP contribution in [0.25, 0.3) is 10.8 Å². The van der Waals surface area contributed by atoms with Crippen molar-refractivity contribution < 1.29 is 14.3 Å². The van der Waals surface area contributed by atoms with Crippen LogP contribution >= 0.6 is 11.6 Å². The number of amides is 1. The van der Waals surface area contributed by atoms with Crippen LogP contribution in [0, 0.1) is 5.92 Å². The lowest BCUT2D eigenvalue weighted by Crippen LogP contribution is -2.13. The summed E-state index contributed by atoms with van der Waals surface area (Å²) in [4.78, 5) is 20.7. The predicted octanol–water partition coefficient (Wildman–Crippen LogP) is 3.95. The first kappa shape index (κ1) is 17.7. The molecule has 2 aromatic heterocycles. The van der Waals surface area contributed by atoms with Crippen LogP contribution in [-0.4, -0.2) is 35.7 Å². The minimum Gasteiger partial charge on any atom is -0.477 e. The molecule has 3 heterocycles. The van der Waals surface area contributed by atoms with Crippen molar-refractivity contribution in [3.63, 3.8) is 0 Å². The molecule has 1 amide bonds. The molecule has 27 heavy (non-hydrogen) atoms. The fourth-order valence-corrected chi connectivity index (χ4v) is 3.15. The molecule has 3 aromatic rings. The first-order valence-electron chi connectivity index (χ1n) is 8.72. The molecule has 0 radical (unpaired) electrons. The quantitative estimate of drug-likeness (QED) is 0.675. The lowest BCUT2D eigenvalue weighted by Gasteiger charge is -2.12. The second-order valence-electron chi connectivity index (χ2n) is 6.39.